The Morgan fingerprint density at radius 2 is 1.79 bits per heavy atom. The van der Waals surface area contributed by atoms with E-state index in [0.717, 1.165) is 12.1 Å². The Bertz CT molecular complexity index is 476. The van der Waals surface area contributed by atoms with Gasteiger partial charge in [-0.3, -0.25) is 0 Å². The molecular weight excluding hydrogens is 186 g/mol. The molecule has 2 aromatic rings. The molecule has 0 fully saturated rings. The minimum absolute atomic E-state index is 0.148. The van der Waals surface area contributed by atoms with E-state index in [2.05, 4.69) is 4.98 Å². The van der Waals surface area contributed by atoms with Gasteiger partial charge >= 0.3 is 0 Å². The molecule has 1 aromatic carbocycles. The van der Waals surface area contributed by atoms with E-state index >= 15 is 0 Å². The van der Waals surface area contributed by atoms with Gasteiger partial charge in [-0.15, -0.1) is 11.5 Å². The molecule has 5 nitrogen and oxygen atoms in total. The second kappa shape index (κ2) is 2.66. The van der Waals surface area contributed by atoms with Gasteiger partial charge in [-0.1, -0.05) is 6.07 Å². The molecule has 5 heteroatoms. The third kappa shape index (κ3) is 1.15. The predicted octanol–water partition coefficient (Wildman–Crippen LogP) is -1.32. The number of nitrogens with one attached hydrogen (secondary N) is 1. The molecule has 0 aliphatic carbocycles. The lowest BCUT2D eigenvalue weighted by atomic mass is 10.2. The Kier molecular flexibility index (Phi) is 1.60. The summed E-state index contributed by atoms with van der Waals surface area (Å²) in [6, 6.07) is 3.43. The van der Waals surface area contributed by atoms with Gasteiger partial charge < -0.3 is 25.1 Å². The molecule has 0 amide bonds. The summed E-state index contributed by atoms with van der Waals surface area (Å²) in [5.41, 5.74) is 0.179. The zero-order valence-corrected chi connectivity index (χ0v) is 6.87. The van der Waals surface area contributed by atoms with Crippen molar-refractivity contribution in [1.82, 2.24) is 4.98 Å². The molecule has 0 radical (unpaired) electrons. The molecule has 2 rings (SSSR count). The number of carbonyl (C=O) groups is 1. The lowest BCUT2D eigenvalue weighted by molar-refractivity contribution is -0.317. The summed E-state index contributed by atoms with van der Waals surface area (Å²) in [5.74, 6) is -2.69. The maximum absolute atomic E-state index is 10.9. The van der Waals surface area contributed by atoms with Crippen molar-refractivity contribution in [3.63, 3.8) is 0 Å². The van der Waals surface area contributed by atoms with Crippen LogP contribution in [0.15, 0.2) is 18.2 Å². The molecule has 0 aliphatic heterocycles. The van der Waals surface area contributed by atoms with E-state index in [-0.39, 0.29) is 5.69 Å². The Morgan fingerprint density at radius 3 is 2.43 bits per heavy atom. The molecule has 0 bridgehead atoms. The quantitative estimate of drug-likeness (QED) is 0.602. The van der Waals surface area contributed by atoms with Crippen molar-refractivity contribution in [2.24, 2.45) is 0 Å². The average Bonchev–Trinajstić information content (AvgIpc) is 2.48. The summed E-state index contributed by atoms with van der Waals surface area (Å²) >= 11 is 0. The summed E-state index contributed by atoms with van der Waals surface area (Å²) in [6.07, 6.45) is 0. The van der Waals surface area contributed by atoms with Gasteiger partial charge in [0.05, 0.1) is 11.7 Å². The molecule has 0 atom stereocenters. The molecule has 14 heavy (non-hydrogen) atoms. The van der Waals surface area contributed by atoms with Crippen molar-refractivity contribution in [2.45, 2.75) is 0 Å². The number of carbonyl (C=O) groups excluding carboxylic acids is 1. The number of aromatic carboxylic acids is 1. The van der Waals surface area contributed by atoms with E-state index < -0.39 is 17.5 Å². The maximum Gasteiger partial charge on any atom is 0.0878 e. The maximum atomic E-state index is 10.9. The second-order valence-electron chi connectivity index (χ2n) is 2.86. The fourth-order valence-corrected chi connectivity index (χ4v) is 1.25. The van der Waals surface area contributed by atoms with E-state index in [4.69, 9.17) is 0 Å². The number of H-pyrrole nitrogens is 1. The highest BCUT2D eigenvalue weighted by Crippen LogP contribution is 2.26. The van der Waals surface area contributed by atoms with Crippen LogP contribution in [-0.4, -0.2) is 11.0 Å². The number of aromatic nitrogens is 1. The highest BCUT2D eigenvalue weighted by Gasteiger charge is 2.00. The molecule has 0 unspecified atom stereocenters. The van der Waals surface area contributed by atoms with Gasteiger partial charge in [-0.25, -0.2) is 0 Å². The van der Waals surface area contributed by atoms with Crippen LogP contribution in [0.2, 0.25) is 0 Å². The highest BCUT2D eigenvalue weighted by atomic mass is 16.4. The summed E-state index contributed by atoms with van der Waals surface area (Å²) in [6.45, 7) is 0. The van der Waals surface area contributed by atoms with E-state index in [0.29, 0.717) is 10.9 Å². The Balaban J connectivity index is 2.72. The standard InChI is InChI=1S/C9H7NO4/c11-7-2-4-1-6(9(13)14)10-5(4)3-8(7)12/h1-3,10-12H,(H,13,14)/p-3. The monoisotopic (exact) mass is 190 g/mol. The second-order valence-corrected chi connectivity index (χ2v) is 2.86. The van der Waals surface area contributed by atoms with Crippen LogP contribution in [0.5, 0.6) is 11.5 Å². The van der Waals surface area contributed by atoms with Crippen LogP contribution < -0.4 is 15.3 Å². The van der Waals surface area contributed by atoms with Gasteiger partial charge in [0.15, 0.2) is 0 Å². The van der Waals surface area contributed by atoms with Crippen LogP contribution in [0.3, 0.4) is 0 Å². The van der Waals surface area contributed by atoms with E-state index in [9.17, 15) is 20.1 Å². The van der Waals surface area contributed by atoms with Crippen molar-refractivity contribution in [3.8, 4) is 11.5 Å². The topological polar surface area (TPSA) is 102 Å². The molecule has 1 heterocycles. The predicted molar refractivity (Wildman–Crippen MR) is 41.5 cm³/mol. The molecule has 0 saturated heterocycles. The van der Waals surface area contributed by atoms with E-state index in [1.165, 1.54) is 6.07 Å². The molecule has 0 saturated carbocycles. The van der Waals surface area contributed by atoms with E-state index in [1.807, 2.05) is 0 Å². The first-order valence-electron chi connectivity index (χ1n) is 3.80. The van der Waals surface area contributed by atoms with Crippen LogP contribution in [0.4, 0.5) is 0 Å². The summed E-state index contributed by atoms with van der Waals surface area (Å²) in [7, 11) is 0. The van der Waals surface area contributed by atoms with Crippen molar-refractivity contribution in [1.29, 1.82) is 0 Å². The highest BCUT2D eigenvalue weighted by molar-refractivity contribution is 5.93. The van der Waals surface area contributed by atoms with Crippen LogP contribution >= 0.6 is 0 Å². The molecule has 1 N–H and O–H groups in total. The Morgan fingerprint density at radius 1 is 1.14 bits per heavy atom. The summed E-state index contributed by atoms with van der Waals surface area (Å²) in [5, 5.41) is 32.7. The largest absolute Gasteiger partial charge is 0.873 e. The minimum Gasteiger partial charge on any atom is -0.873 e. The molecule has 0 spiro atoms. The fourth-order valence-electron chi connectivity index (χ4n) is 1.25. The van der Waals surface area contributed by atoms with Gasteiger partial charge in [0.1, 0.15) is 0 Å². The number of hydrogen-bond acceptors (Lipinski definition) is 4. The van der Waals surface area contributed by atoms with Crippen molar-refractivity contribution >= 4 is 16.9 Å². The van der Waals surface area contributed by atoms with Crippen LogP contribution in [0.25, 0.3) is 10.9 Å². The zero-order chi connectivity index (χ0) is 10.3. The normalized spacial score (nSPS) is 10.6. The minimum atomic E-state index is -1.37. The Hall–Kier alpha value is -2.17. The summed E-state index contributed by atoms with van der Waals surface area (Å²) in [4.78, 5) is 12.9. The third-order valence-corrected chi connectivity index (χ3v) is 1.90. The Labute approximate surface area is 78.2 Å². The number of fused-ring (bicyclic) bond motifs is 1. The molecule has 0 aliphatic rings. The van der Waals surface area contributed by atoms with Gasteiger partial charge in [-0.05, 0) is 17.5 Å². The zero-order valence-electron chi connectivity index (χ0n) is 6.87. The number of benzene rings is 1. The smallest absolute Gasteiger partial charge is 0.0878 e. The number of carboxylic acids is 1. The molecular formula is C9H4NO4-3. The van der Waals surface area contributed by atoms with Gasteiger partial charge in [0, 0.05) is 5.52 Å². The number of aromatic amines is 1. The first kappa shape index (κ1) is 8.43. The van der Waals surface area contributed by atoms with Crippen LogP contribution in [-0.2, 0) is 0 Å². The number of carboxylic acid groups (broad SMARTS) is 1. The lowest BCUT2D eigenvalue weighted by Gasteiger charge is -2.16. The van der Waals surface area contributed by atoms with Crippen LogP contribution in [0.1, 0.15) is 10.5 Å². The van der Waals surface area contributed by atoms with Gasteiger partial charge in [0.25, 0.3) is 0 Å². The average molecular weight is 190 g/mol. The fraction of sp³-hybridized carbons (Fsp3) is 0. The first-order chi connectivity index (χ1) is 6.58. The van der Waals surface area contributed by atoms with Crippen LogP contribution in [0, 0.1) is 0 Å². The summed E-state index contributed by atoms with van der Waals surface area (Å²) < 4.78 is 0. The third-order valence-electron chi connectivity index (χ3n) is 1.90. The van der Waals surface area contributed by atoms with Gasteiger partial charge in [-0.2, -0.15) is 0 Å². The number of rotatable bonds is 1. The van der Waals surface area contributed by atoms with E-state index in [1.54, 1.807) is 0 Å². The first-order valence-corrected chi connectivity index (χ1v) is 3.80. The number of hydrogen-bond donors (Lipinski definition) is 1. The molecule has 1 aromatic heterocycles. The van der Waals surface area contributed by atoms with Crippen molar-refractivity contribution in [3.05, 3.63) is 23.9 Å². The van der Waals surface area contributed by atoms with Crippen molar-refractivity contribution < 1.29 is 20.1 Å². The van der Waals surface area contributed by atoms with Gasteiger partial charge in [0.2, 0.25) is 0 Å². The lowest BCUT2D eigenvalue weighted by Crippen LogP contribution is -2.22. The van der Waals surface area contributed by atoms with Crippen molar-refractivity contribution in [2.75, 3.05) is 0 Å². The SMILES string of the molecule is O=C([O-])c1cc2cc([O-])c([O-])cc2[nH]1. The molecule has 72 valence electrons.